The molecule has 0 radical (unpaired) electrons. The van der Waals surface area contributed by atoms with E-state index in [1.165, 1.54) is 0 Å². The molecule has 0 bridgehead atoms. The van der Waals surface area contributed by atoms with E-state index in [1.54, 1.807) is 0 Å². The number of halogens is 1. The summed E-state index contributed by atoms with van der Waals surface area (Å²) in [4.78, 5) is 0. The number of nitrogens with zero attached hydrogens (tertiary/aromatic N) is 2. The molecule has 0 saturated heterocycles. The van der Waals surface area contributed by atoms with Crippen LogP contribution in [-0.4, -0.2) is 16.3 Å². The molecule has 1 heterocycles. The van der Waals surface area contributed by atoms with Crippen molar-refractivity contribution in [3.05, 3.63) is 28.6 Å². The van der Waals surface area contributed by atoms with Crippen molar-refractivity contribution in [2.45, 2.75) is 26.2 Å². The van der Waals surface area contributed by atoms with Gasteiger partial charge in [0.25, 0.3) is 0 Å². The molecule has 0 saturated carbocycles. The Balaban J connectivity index is 2.72. The van der Waals surface area contributed by atoms with Crippen LogP contribution in [0.25, 0.3) is 0 Å². The van der Waals surface area contributed by atoms with Crippen LogP contribution in [0.1, 0.15) is 24.7 Å². The summed E-state index contributed by atoms with van der Waals surface area (Å²) < 4.78 is 1.86. The third-order valence-corrected chi connectivity index (χ3v) is 2.75. The number of hydrogen-bond donors (Lipinski definition) is 1. The monoisotopic (exact) mass is 227 g/mol. The van der Waals surface area contributed by atoms with Crippen LogP contribution in [0, 0.1) is 0 Å². The molecule has 0 spiro atoms. The molecule has 0 aliphatic rings. The van der Waals surface area contributed by atoms with Crippen molar-refractivity contribution in [2.75, 3.05) is 6.54 Å². The van der Waals surface area contributed by atoms with Crippen molar-refractivity contribution in [2.24, 2.45) is 12.8 Å². The predicted octanol–water partition coefficient (Wildman–Crippen LogP) is 2.08. The molecule has 1 aromatic rings. The van der Waals surface area contributed by atoms with Gasteiger partial charge >= 0.3 is 0 Å². The minimum Gasteiger partial charge on any atom is -0.330 e. The second-order valence-corrected chi connectivity index (χ2v) is 3.82. The van der Waals surface area contributed by atoms with Crippen LogP contribution in [0.3, 0.4) is 0 Å². The molecule has 4 heteroatoms. The van der Waals surface area contributed by atoms with Gasteiger partial charge in [-0.15, -0.1) is 0 Å². The lowest BCUT2D eigenvalue weighted by Gasteiger charge is -1.97. The lowest BCUT2D eigenvalue weighted by Crippen LogP contribution is -1.98. The number of hydrogen-bond acceptors (Lipinski definition) is 2. The Morgan fingerprint density at radius 1 is 1.47 bits per heavy atom. The first-order valence-corrected chi connectivity index (χ1v) is 5.63. The summed E-state index contributed by atoms with van der Waals surface area (Å²) in [5.41, 5.74) is 7.44. The topological polar surface area (TPSA) is 43.8 Å². The molecule has 0 unspecified atom stereocenters. The summed E-state index contributed by atoms with van der Waals surface area (Å²) in [5, 5.41) is 5.16. The Hall–Kier alpha value is -0.800. The van der Waals surface area contributed by atoms with E-state index in [0.29, 0.717) is 6.54 Å². The summed E-state index contributed by atoms with van der Waals surface area (Å²) in [5.74, 6) is 0. The predicted molar refractivity (Wildman–Crippen MR) is 64.1 cm³/mol. The highest BCUT2D eigenvalue weighted by Gasteiger charge is 2.10. The highest BCUT2D eigenvalue weighted by Crippen LogP contribution is 2.21. The van der Waals surface area contributed by atoms with Crippen LogP contribution in [0.4, 0.5) is 0 Å². The fourth-order valence-electron chi connectivity index (χ4n) is 1.45. The standard InChI is InChI=1S/C11H18ClN3/c1-3-9-11(12)10(15(2)14-9)7-5-4-6-8-13/h4-5H,3,6-8,13H2,1-2H3. The Morgan fingerprint density at radius 3 is 2.73 bits per heavy atom. The van der Waals surface area contributed by atoms with Crippen molar-refractivity contribution >= 4 is 11.6 Å². The first kappa shape index (κ1) is 12.3. The molecular weight excluding hydrogens is 210 g/mol. The van der Waals surface area contributed by atoms with Crippen molar-refractivity contribution in [3.63, 3.8) is 0 Å². The molecule has 0 atom stereocenters. The molecule has 0 amide bonds. The smallest absolute Gasteiger partial charge is 0.0852 e. The Kier molecular flexibility index (Phi) is 4.85. The summed E-state index contributed by atoms with van der Waals surface area (Å²) in [6.07, 6.45) is 6.78. The van der Waals surface area contributed by atoms with Gasteiger partial charge in [0.15, 0.2) is 0 Å². The minimum atomic E-state index is 0.690. The molecule has 2 N–H and O–H groups in total. The number of aryl methyl sites for hydroxylation is 2. The van der Waals surface area contributed by atoms with E-state index in [-0.39, 0.29) is 0 Å². The molecule has 0 aromatic carbocycles. The maximum Gasteiger partial charge on any atom is 0.0852 e. The van der Waals surface area contributed by atoms with Crippen molar-refractivity contribution < 1.29 is 0 Å². The lowest BCUT2D eigenvalue weighted by molar-refractivity contribution is 0.712. The minimum absolute atomic E-state index is 0.690. The van der Waals surface area contributed by atoms with E-state index in [2.05, 4.69) is 24.2 Å². The van der Waals surface area contributed by atoms with E-state index in [1.807, 2.05) is 11.7 Å². The summed E-state index contributed by atoms with van der Waals surface area (Å²) in [7, 11) is 1.93. The second kappa shape index (κ2) is 5.93. The number of allylic oxidation sites excluding steroid dienone is 1. The van der Waals surface area contributed by atoms with Gasteiger partial charge in [0.05, 0.1) is 16.4 Å². The van der Waals surface area contributed by atoms with Gasteiger partial charge in [-0.25, -0.2) is 0 Å². The molecule has 1 rings (SSSR count). The van der Waals surface area contributed by atoms with Crippen LogP contribution in [0.15, 0.2) is 12.2 Å². The molecule has 1 aromatic heterocycles. The maximum absolute atomic E-state index is 6.20. The van der Waals surface area contributed by atoms with Gasteiger partial charge in [-0.2, -0.15) is 5.10 Å². The largest absolute Gasteiger partial charge is 0.330 e. The highest BCUT2D eigenvalue weighted by molar-refractivity contribution is 6.31. The van der Waals surface area contributed by atoms with Gasteiger partial charge in [-0.3, -0.25) is 4.68 Å². The summed E-state index contributed by atoms with van der Waals surface area (Å²) >= 11 is 6.20. The zero-order valence-corrected chi connectivity index (χ0v) is 10.1. The molecule has 84 valence electrons. The molecule has 3 nitrogen and oxygen atoms in total. The van der Waals surface area contributed by atoms with E-state index in [0.717, 1.165) is 35.7 Å². The number of rotatable bonds is 5. The molecule has 0 fully saturated rings. The molecule has 0 aliphatic carbocycles. The number of nitrogens with two attached hydrogens (primary N) is 1. The fraction of sp³-hybridized carbons (Fsp3) is 0.545. The fourth-order valence-corrected chi connectivity index (χ4v) is 1.82. The lowest BCUT2D eigenvalue weighted by atomic mass is 10.2. The van der Waals surface area contributed by atoms with Crippen LogP contribution in [0.2, 0.25) is 5.02 Å². The van der Waals surface area contributed by atoms with Crippen molar-refractivity contribution in [1.82, 2.24) is 9.78 Å². The Labute approximate surface area is 95.9 Å². The molecule has 15 heavy (non-hydrogen) atoms. The summed E-state index contributed by atoms with van der Waals surface area (Å²) in [6.45, 7) is 2.75. The van der Waals surface area contributed by atoms with Gasteiger partial charge in [0.2, 0.25) is 0 Å². The quantitative estimate of drug-likeness (QED) is 0.783. The third-order valence-electron chi connectivity index (χ3n) is 2.31. The van der Waals surface area contributed by atoms with Crippen molar-refractivity contribution in [1.29, 1.82) is 0 Å². The molecular formula is C11H18ClN3. The van der Waals surface area contributed by atoms with Gasteiger partial charge in [0, 0.05) is 13.5 Å². The van der Waals surface area contributed by atoms with Crippen LogP contribution in [-0.2, 0) is 19.9 Å². The highest BCUT2D eigenvalue weighted by atomic mass is 35.5. The maximum atomic E-state index is 6.20. The zero-order chi connectivity index (χ0) is 11.3. The second-order valence-electron chi connectivity index (χ2n) is 3.44. The third kappa shape index (κ3) is 3.08. The first-order chi connectivity index (χ1) is 7.20. The van der Waals surface area contributed by atoms with Gasteiger partial charge in [0.1, 0.15) is 0 Å². The van der Waals surface area contributed by atoms with Crippen LogP contribution in [0.5, 0.6) is 0 Å². The van der Waals surface area contributed by atoms with Crippen molar-refractivity contribution in [3.8, 4) is 0 Å². The number of aromatic nitrogens is 2. The average Bonchev–Trinajstić information content (AvgIpc) is 2.50. The van der Waals surface area contributed by atoms with Gasteiger partial charge in [-0.05, 0) is 19.4 Å². The van der Waals surface area contributed by atoms with E-state index >= 15 is 0 Å². The normalized spacial score (nSPS) is 11.5. The van der Waals surface area contributed by atoms with Crippen LogP contribution >= 0.6 is 11.6 Å². The van der Waals surface area contributed by atoms with Gasteiger partial charge in [-0.1, -0.05) is 30.7 Å². The Morgan fingerprint density at radius 2 is 2.20 bits per heavy atom. The molecule has 0 aliphatic heterocycles. The Bertz CT molecular complexity index is 342. The van der Waals surface area contributed by atoms with E-state index in [4.69, 9.17) is 17.3 Å². The average molecular weight is 228 g/mol. The zero-order valence-electron chi connectivity index (χ0n) is 9.33. The first-order valence-electron chi connectivity index (χ1n) is 5.26. The SMILES string of the molecule is CCc1nn(C)c(CC=CCCN)c1Cl. The van der Waals surface area contributed by atoms with Crippen LogP contribution < -0.4 is 5.73 Å². The van der Waals surface area contributed by atoms with E-state index in [9.17, 15) is 0 Å². The summed E-state index contributed by atoms with van der Waals surface area (Å²) in [6, 6.07) is 0. The van der Waals surface area contributed by atoms with Gasteiger partial charge < -0.3 is 5.73 Å². The van der Waals surface area contributed by atoms with E-state index < -0.39 is 0 Å².